The molecule has 14 heavy (non-hydrogen) atoms. The zero-order valence-electron chi connectivity index (χ0n) is 7.85. The van der Waals surface area contributed by atoms with Crippen molar-refractivity contribution >= 4 is 17.4 Å². The van der Waals surface area contributed by atoms with Gasteiger partial charge in [0.15, 0.2) is 0 Å². The number of halogens is 1. The van der Waals surface area contributed by atoms with Crippen LogP contribution in [-0.4, -0.2) is 12.3 Å². The van der Waals surface area contributed by atoms with E-state index >= 15 is 0 Å². The Labute approximate surface area is 87.1 Å². The van der Waals surface area contributed by atoms with E-state index in [-0.39, 0.29) is 5.82 Å². The molecule has 3 rings (SSSR count). The molecule has 74 valence electrons. The highest BCUT2D eigenvalue weighted by atomic mass is 32.2. The van der Waals surface area contributed by atoms with Gasteiger partial charge in [-0.3, -0.25) is 0 Å². The van der Waals surface area contributed by atoms with E-state index < -0.39 is 0 Å². The summed E-state index contributed by atoms with van der Waals surface area (Å²) in [5.74, 6) is 0.978. The van der Waals surface area contributed by atoms with Crippen LogP contribution >= 0.6 is 11.8 Å². The summed E-state index contributed by atoms with van der Waals surface area (Å²) in [5.41, 5.74) is 1.44. The number of fused-ring (bicyclic) bond motifs is 1. The molecule has 0 aromatic heterocycles. The maximum atomic E-state index is 13.5. The van der Waals surface area contributed by atoms with Gasteiger partial charge in [-0.1, -0.05) is 6.07 Å². The van der Waals surface area contributed by atoms with Gasteiger partial charge in [-0.2, -0.15) is 0 Å². The first kappa shape index (κ1) is 8.60. The third-order valence-corrected chi connectivity index (χ3v) is 4.56. The Morgan fingerprint density at radius 2 is 2.21 bits per heavy atom. The standard InChI is InChI=1S/C11H12FNS/c12-8-2-1-3-9-10(8)14-7-11(4-5-11)6-13-9/h1-3,13H,4-7H2. The van der Waals surface area contributed by atoms with E-state index in [1.54, 1.807) is 23.9 Å². The van der Waals surface area contributed by atoms with Gasteiger partial charge in [0.25, 0.3) is 0 Å². The van der Waals surface area contributed by atoms with Gasteiger partial charge in [0.2, 0.25) is 0 Å². The minimum Gasteiger partial charge on any atom is -0.383 e. The largest absolute Gasteiger partial charge is 0.383 e. The van der Waals surface area contributed by atoms with Crippen molar-refractivity contribution in [1.29, 1.82) is 0 Å². The average Bonchev–Trinajstić information content (AvgIpc) is 2.96. The Morgan fingerprint density at radius 1 is 1.36 bits per heavy atom. The third kappa shape index (κ3) is 1.31. The summed E-state index contributed by atoms with van der Waals surface area (Å²) in [6.45, 7) is 1.01. The maximum Gasteiger partial charge on any atom is 0.138 e. The maximum absolute atomic E-state index is 13.5. The summed E-state index contributed by atoms with van der Waals surface area (Å²) in [7, 11) is 0. The van der Waals surface area contributed by atoms with Crippen molar-refractivity contribution in [3.05, 3.63) is 24.0 Å². The molecule has 0 amide bonds. The monoisotopic (exact) mass is 209 g/mol. The minimum absolute atomic E-state index is 0.0855. The molecule has 1 fully saturated rings. The fourth-order valence-electron chi connectivity index (χ4n) is 1.85. The van der Waals surface area contributed by atoms with Crippen LogP contribution in [0.25, 0.3) is 0 Å². The zero-order valence-corrected chi connectivity index (χ0v) is 8.66. The molecule has 1 saturated carbocycles. The van der Waals surface area contributed by atoms with Gasteiger partial charge in [-0.25, -0.2) is 4.39 Å². The van der Waals surface area contributed by atoms with Crippen LogP contribution in [0.1, 0.15) is 12.8 Å². The zero-order chi connectivity index (χ0) is 9.60. The Hall–Kier alpha value is -0.700. The second-order valence-electron chi connectivity index (χ2n) is 4.26. The third-order valence-electron chi connectivity index (χ3n) is 3.10. The first-order valence-corrected chi connectivity index (χ1v) is 5.93. The van der Waals surface area contributed by atoms with E-state index in [2.05, 4.69) is 5.32 Å². The van der Waals surface area contributed by atoms with Crippen molar-refractivity contribution in [2.75, 3.05) is 17.6 Å². The number of anilines is 1. The van der Waals surface area contributed by atoms with Gasteiger partial charge in [-0.15, -0.1) is 11.8 Å². The van der Waals surface area contributed by atoms with E-state index in [0.717, 1.165) is 22.9 Å². The van der Waals surface area contributed by atoms with Crippen LogP contribution in [0.15, 0.2) is 23.1 Å². The molecule has 3 heteroatoms. The van der Waals surface area contributed by atoms with Gasteiger partial charge in [0.1, 0.15) is 5.82 Å². The molecule has 1 N–H and O–H groups in total. The molecule has 0 bridgehead atoms. The van der Waals surface area contributed by atoms with Crippen molar-refractivity contribution in [1.82, 2.24) is 0 Å². The Morgan fingerprint density at radius 3 is 3.00 bits per heavy atom. The molecule has 1 aliphatic carbocycles. The number of rotatable bonds is 0. The van der Waals surface area contributed by atoms with Crippen molar-refractivity contribution in [3.63, 3.8) is 0 Å². The highest BCUT2D eigenvalue weighted by molar-refractivity contribution is 7.99. The molecule has 1 nitrogen and oxygen atoms in total. The summed E-state index contributed by atoms with van der Waals surface area (Å²) in [6, 6.07) is 5.28. The van der Waals surface area contributed by atoms with E-state index in [1.165, 1.54) is 12.8 Å². The van der Waals surface area contributed by atoms with Crippen LogP contribution < -0.4 is 5.32 Å². The van der Waals surface area contributed by atoms with E-state index in [9.17, 15) is 4.39 Å². The van der Waals surface area contributed by atoms with E-state index in [0.29, 0.717) is 5.41 Å². The number of thioether (sulfide) groups is 1. The first-order chi connectivity index (χ1) is 6.79. The SMILES string of the molecule is Fc1cccc2c1SCC1(CC1)CN2. The van der Waals surface area contributed by atoms with Gasteiger partial charge in [0, 0.05) is 12.3 Å². The lowest BCUT2D eigenvalue weighted by atomic mass is 10.1. The predicted molar refractivity (Wildman–Crippen MR) is 57.3 cm³/mol. The molecule has 1 aromatic carbocycles. The van der Waals surface area contributed by atoms with Crippen LogP contribution in [-0.2, 0) is 0 Å². The Bertz CT molecular complexity index is 374. The van der Waals surface area contributed by atoms with Gasteiger partial charge in [0.05, 0.1) is 10.6 Å². The quantitative estimate of drug-likeness (QED) is 0.704. The van der Waals surface area contributed by atoms with Crippen molar-refractivity contribution in [3.8, 4) is 0 Å². The minimum atomic E-state index is -0.0855. The molecule has 2 aliphatic rings. The fraction of sp³-hybridized carbons (Fsp3) is 0.455. The Balaban J connectivity index is 1.96. The summed E-state index contributed by atoms with van der Waals surface area (Å²) in [6.07, 6.45) is 2.59. The van der Waals surface area contributed by atoms with Crippen LogP contribution in [0.5, 0.6) is 0 Å². The molecule has 0 unspecified atom stereocenters. The summed E-state index contributed by atoms with van der Waals surface area (Å²) < 4.78 is 13.5. The molecule has 1 heterocycles. The Kier molecular flexibility index (Phi) is 1.78. The van der Waals surface area contributed by atoms with E-state index in [1.807, 2.05) is 6.07 Å². The number of hydrogen-bond donors (Lipinski definition) is 1. The highest BCUT2D eigenvalue weighted by Gasteiger charge is 2.43. The first-order valence-electron chi connectivity index (χ1n) is 4.94. The van der Waals surface area contributed by atoms with Gasteiger partial charge >= 0.3 is 0 Å². The molecule has 1 aromatic rings. The lowest BCUT2D eigenvalue weighted by molar-refractivity contribution is 0.603. The fourth-order valence-corrected chi connectivity index (χ4v) is 3.19. The lowest BCUT2D eigenvalue weighted by Gasteiger charge is -2.10. The number of benzene rings is 1. The molecule has 0 atom stereocenters. The van der Waals surface area contributed by atoms with E-state index in [4.69, 9.17) is 0 Å². The van der Waals surface area contributed by atoms with Crippen molar-refractivity contribution in [2.45, 2.75) is 17.7 Å². The predicted octanol–water partition coefficient (Wildman–Crippen LogP) is 3.12. The van der Waals surface area contributed by atoms with Crippen molar-refractivity contribution in [2.24, 2.45) is 5.41 Å². The van der Waals surface area contributed by atoms with Crippen LogP contribution in [0.4, 0.5) is 10.1 Å². The molecule has 1 aliphatic heterocycles. The summed E-state index contributed by atoms with van der Waals surface area (Å²) in [5, 5.41) is 3.36. The second-order valence-corrected chi connectivity index (χ2v) is 5.24. The van der Waals surface area contributed by atoms with Gasteiger partial charge < -0.3 is 5.32 Å². The molecule has 0 radical (unpaired) electrons. The molecule has 1 spiro atoms. The summed E-state index contributed by atoms with van der Waals surface area (Å²) >= 11 is 1.67. The number of nitrogens with one attached hydrogen (secondary N) is 1. The van der Waals surface area contributed by atoms with Crippen LogP contribution in [0.3, 0.4) is 0 Å². The van der Waals surface area contributed by atoms with Crippen LogP contribution in [0.2, 0.25) is 0 Å². The molecular formula is C11H12FNS. The molecular weight excluding hydrogens is 197 g/mol. The topological polar surface area (TPSA) is 12.0 Å². The lowest BCUT2D eigenvalue weighted by Crippen LogP contribution is -2.15. The van der Waals surface area contributed by atoms with Gasteiger partial charge in [-0.05, 0) is 30.4 Å². The second kappa shape index (κ2) is 2.89. The number of hydrogen-bond acceptors (Lipinski definition) is 2. The molecule has 0 saturated heterocycles. The van der Waals surface area contributed by atoms with Crippen molar-refractivity contribution < 1.29 is 4.39 Å². The highest BCUT2D eigenvalue weighted by Crippen LogP contribution is 2.52. The van der Waals surface area contributed by atoms with Crippen LogP contribution in [0, 0.1) is 11.2 Å². The smallest absolute Gasteiger partial charge is 0.138 e. The normalized spacial score (nSPS) is 22.4. The average molecular weight is 209 g/mol. The summed E-state index contributed by atoms with van der Waals surface area (Å²) in [4.78, 5) is 0.802.